The van der Waals surface area contributed by atoms with E-state index in [2.05, 4.69) is 52.4 Å². The number of thioether (sulfide) groups is 1. The summed E-state index contributed by atoms with van der Waals surface area (Å²) in [5.74, 6) is -2.37. The minimum atomic E-state index is -1.04. The van der Waals surface area contributed by atoms with Gasteiger partial charge >= 0.3 is 0 Å². The summed E-state index contributed by atoms with van der Waals surface area (Å²) in [7, 11) is 0. The lowest BCUT2D eigenvalue weighted by Crippen LogP contribution is -2.43. The number of carbonyl (C=O) groups is 6. The van der Waals surface area contributed by atoms with Crippen LogP contribution in [0.1, 0.15) is 58.4 Å². The molecule has 0 bridgehead atoms. The summed E-state index contributed by atoms with van der Waals surface area (Å²) in [4.78, 5) is 77.9. The molecule has 1 saturated heterocycles. The highest BCUT2D eigenvalue weighted by atomic mass is 32.2. The van der Waals surface area contributed by atoms with E-state index in [9.17, 15) is 28.8 Å². The van der Waals surface area contributed by atoms with E-state index >= 15 is 0 Å². The van der Waals surface area contributed by atoms with Gasteiger partial charge in [0.1, 0.15) is 5.69 Å². The molecule has 65 heavy (non-hydrogen) atoms. The summed E-state index contributed by atoms with van der Waals surface area (Å²) in [6.45, 7) is 11.1. The van der Waals surface area contributed by atoms with Crippen LogP contribution >= 0.6 is 11.8 Å². The van der Waals surface area contributed by atoms with E-state index < -0.39 is 29.0 Å². The fourth-order valence-electron chi connectivity index (χ4n) is 7.34. The van der Waals surface area contributed by atoms with E-state index in [1.54, 1.807) is 4.90 Å². The summed E-state index contributed by atoms with van der Waals surface area (Å²) >= 11 is 1.05. The van der Waals surface area contributed by atoms with Gasteiger partial charge in [0.15, 0.2) is 0 Å². The van der Waals surface area contributed by atoms with E-state index in [1.807, 2.05) is 53.2 Å². The summed E-state index contributed by atoms with van der Waals surface area (Å²) in [5.41, 5.74) is 12.1. The Labute approximate surface area is 383 Å². The molecule has 3 heterocycles. The number of ether oxygens (including phenoxy) is 2. The highest BCUT2D eigenvalue weighted by Gasteiger charge is 2.39. The summed E-state index contributed by atoms with van der Waals surface area (Å²) in [6, 6.07) is 14.7. The lowest BCUT2D eigenvalue weighted by molar-refractivity contribution is -0.138. The van der Waals surface area contributed by atoms with Crippen molar-refractivity contribution < 1.29 is 43.4 Å². The van der Waals surface area contributed by atoms with Crippen molar-refractivity contribution >= 4 is 52.9 Å². The average Bonchev–Trinajstić information content (AvgIpc) is 3.82. The molecule has 0 radical (unpaired) electrons. The zero-order valence-corrected chi connectivity index (χ0v) is 38.3. The molecule has 1 aromatic heterocycles. The molecule has 20 nitrogen and oxygen atoms in total. The molecular weight excluding hydrogens is 859 g/mol. The molecule has 0 saturated carbocycles. The first-order valence-corrected chi connectivity index (χ1v) is 23.1. The summed E-state index contributed by atoms with van der Waals surface area (Å²) in [6.07, 6.45) is 1.03. The van der Waals surface area contributed by atoms with Crippen LogP contribution in [0.2, 0.25) is 0 Å². The maximum absolute atomic E-state index is 13.9. The molecule has 2 aromatic carbocycles. The van der Waals surface area contributed by atoms with Gasteiger partial charge in [-0.3, -0.25) is 38.9 Å². The molecule has 3 aromatic rings. The highest BCUT2D eigenvalue weighted by molar-refractivity contribution is 8.00. The van der Waals surface area contributed by atoms with Gasteiger partial charge in [0.05, 0.1) is 62.2 Å². The zero-order valence-electron chi connectivity index (χ0n) is 37.4. The maximum Gasteiger partial charge on any atom is 0.261 e. The number of benzene rings is 2. The Balaban J connectivity index is 0.984. The van der Waals surface area contributed by atoms with Crippen molar-refractivity contribution in [1.29, 1.82) is 0 Å². The fraction of sp³-hybridized carbons (Fsp3) is 0.545. The van der Waals surface area contributed by atoms with Crippen molar-refractivity contribution in [3.05, 3.63) is 54.1 Å². The molecule has 6 amide bonds. The van der Waals surface area contributed by atoms with E-state index in [4.69, 9.17) is 20.4 Å². The number of anilines is 1. The van der Waals surface area contributed by atoms with Crippen LogP contribution < -0.4 is 37.4 Å². The molecule has 0 aliphatic carbocycles. The summed E-state index contributed by atoms with van der Waals surface area (Å²) < 4.78 is 13.0. The first-order valence-electron chi connectivity index (χ1n) is 22.0. The number of hydrogen-bond donors (Lipinski definition) is 7. The van der Waals surface area contributed by atoms with Gasteiger partial charge in [-0.1, -0.05) is 54.6 Å². The number of para-hydroxylation sites is 1. The molecule has 0 spiro atoms. The van der Waals surface area contributed by atoms with Gasteiger partial charge in [-0.2, -0.15) is 0 Å². The minimum absolute atomic E-state index is 0.0338. The number of hydrogen-bond acceptors (Lipinski definition) is 15. The normalized spacial score (nSPS) is 15.1. The number of amides is 6. The molecule has 8 N–H and O–H groups in total. The number of likely N-dealkylation sites (tertiary alicyclic amines) is 1. The van der Waals surface area contributed by atoms with Crippen molar-refractivity contribution in [2.45, 2.75) is 82.8 Å². The molecule has 354 valence electrons. The quantitative estimate of drug-likeness (QED) is 0.0243. The number of aromatic nitrogens is 3. The predicted molar refractivity (Wildman–Crippen MR) is 244 cm³/mol. The number of carbonyl (C=O) groups excluding carboxylic acids is 6. The number of fused-ring (bicyclic) bond motifs is 5. The van der Waals surface area contributed by atoms with Crippen molar-refractivity contribution in [1.82, 2.24) is 46.6 Å². The van der Waals surface area contributed by atoms with E-state index in [-0.39, 0.29) is 101 Å². The standard InChI is InChI=1S/C44H63N11O9S/c1-4-46-18-16-44(2,3)49-19-22-55-41-31-10-6-5-9-30(31)28-54(34-12-8-7-11-32(34)40(41)50-52-55)38(58)13-17-47-37(57)15-23-63-25-26-64-24-20-48-36(56)14-21-53-39(59)27-35(43(53)61)65-29-33(45)42(60)51-62/h5-12,33,35,46,49,62H,4,13-29,45H2,1-3H3,(H,47,57)(H,48,56)(H,51,60). The largest absolute Gasteiger partial charge is 0.379 e. The van der Waals surface area contributed by atoms with Crippen molar-refractivity contribution in [3.63, 3.8) is 0 Å². The lowest BCUT2D eigenvalue weighted by atomic mass is 9.95. The Bertz CT molecular complexity index is 2100. The van der Waals surface area contributed by atoms with Gasteiger partial charge in [0.25, 0.3) is 5.91 Å². The second kappa shape index (κ2) is 25.4. The molecule has 2 aliphatic heterocycles. The van der Waals surface area contributed by atoms with E-state index in [0.29, 0.717) is 25.3 Å². The topological polar surface area (TPSA) is 264 Å². The predicted octanol–water partition coefficient (Wildman–Crippen LogP) is 0.956. The lowest BCUT2D eigenvalue weighted by Gasteiger charge is -2.29. The Morgan fingerprint density at radius 2 is 1.60 bits per heavy atom. The molecule has 21 heteroatoms. The number of hydroxylamine groups is 1. The minimum Gasteiger partial charge on any atom is -0.379 e. The molecule has 5 rings (SSSR count). The Morgan fingerprint density at radius 3 is 2.37 bits per heavy atom. The summed E-state index contributed by atoms with van der Waals surface area (Å²) in [5, 5.41) is 29.8. The molecule has 1 fully saturated rings. The number of imide groups is 1. The third-order valence-corrected chi connectivity index (χ3v) is 12.3. The molecule has 2 atom stereocenters. The number of nitrogens with one attached hydrogen (secondary N) is 5. The van der Waals surface area contributed by atoms with Crippen LogP contribution in [0.3, 0.4) is 0 Å². The van der Waals surface area contributed by atoms with Gasteiger partial charge in [-0.25, -0.2) is 10.2 Å². The van der Waals surface area contributed by atoms with Crippen LogP contribution in [0, 0.1) is 0 Å². The van der Waals surface area contributed by atoms with Gasteiger partial charge < -0.3 is 41.4 Å². The highest BCUT2D eigenvalue weighted by Crippen LogP contribution is 2.41. The van der Waals surface area contributed by atoms with E-state index in [1.165, 1.54) is 5.48 Å². The molecule has 2 aliphatic rings. The first kappa shape index (κ1) is 50.7. The number of nitrogens with zero attached hydrogens (tertiary/aromatic N) is 5. The van der Waals surface area contributed by atoms with Gasteiger partial charge in [0.2, 0.25) is 29.5 Å². The van der Waals surface area contributed by atoms with Gasteiger partial charge in [-0.15, -0.1) is 16.9 Å². The van der Waals surface area contributed by atoms with Crippen LogP contribution in [0.25, 0.3) is 22.5 Å². The Morgan fingerprint density at radius 1 is 0.892 bits per heavy atom. The average molecular weight is 922 g/mol. The van der Waals surface area contributed by atoms with Crippen LogP contribution in [0.5, 0.6) is 0 Å². The Hall–Kier alpha value is -5.29. The van der Waals surface area contributed by atoms with Crippen molar-refractivity contribution in [2.75, 3.05) is 76.3 Å². The van der Waals surface area contributed by atoms with Gasteiger partial charge in [-0.05, 0) is 45.0 Å². The Kier molecular flexibility index (Phi) is 19.8. The molecular formula is C44H63N11O9S. The number of rotatable bonds is 27. The first-order chi connectivity index (χ1) is 31.3. The van der Waals surface area contributed by atoms with Gasteiger partial charge in [0, 0.05) is 74.3 Å². The van der Waals surface area contributed by atoms with Crippen LogP contribution in [-0.2, 0) is 51.3 Å². The van der Waals surface area contributed by atoms with E-state index in [0.717, 1.165) is 64.2 Å². The van der Waals surface area contributed by atoms with Crippen LogP contribution in [0.4, 0.5) is 5.69 Å². The third-order valence-electron chi connectivity index (χ3n) is 11.0. The third kappa shape index (κ3) is 14.9. The van der Waals surface area contributed by atoms with Crippen LogP contribution in [-0.4, -0.2) is 149 Å². The van der Waals surface area contributed by atoms with Crippen LogP contribution in [0.15, 0.2) is 48.5 Å². The fourth-order valence-corrected chi connectivity index (χ4v) is 8.46. The second-order valence-electron chi connectivity index (χ2n) is 16.2. The number of nitrogens with two attached hydrogens (primary N) is 1. The van der Waals surface area contributed by atoms with Crippen molar-refractivity contribution in [2.24, 2.45) is 5.73 Å². The smallest absolute Gasteiger partial charge is 0.261 e. The zero-order chi connectivity index (χ0) is 46.8. The second-order valence-corrected chi connectivity index (χ2v) is 17.5. The maximum atomic E-state index is 13.9. The SMILES string of the molecule is CCNCCC(C)(C)NCCn1nnc2c1-c1ccccc1CN(C(=O)CCNC(=O)CCOCCOCCNC(=O)CCN1C(=O)CC(SCC(N)C(=O)NO)C1=O)c1ccccc1-2. The molecule has 2 unspecified atom stereocenters. The van der Waals surface area contributed by atoms with Crippen molar-refractivity contribution in [3.8, 4) is 22.5 Å². The monoisotopic (exact) mass is 921 g/mol.